The van der Waals surface area contributed by atoms with E-state index in [1.807, 2.05) is 13.8 Å². The van der Waals surface area contributed by atoms with Crippen molar-refractivity contribution in [3.63, 3.8) is 0 Å². The van der Waals surface area contributed by atoms with Gasteiger partial charge in [0, 0.05) is 31.9 Å². The third kappa shape index (κ3) is 9.86. The fourth-order valence-corrected chi connectivity index (χ4v) is 3.43. The predicted octanol–water partition coefficient (Wildman–Crippen LogP) is 6.25. The number of benzene rings is 1. The minimum atomic E-state index is -0.476. The molecule has 0 saturated heterocycles. The first-order valence-corrected chi connectivity index (χ1v) is 10.2. The average Bonchev–Trinajstić information content (AvgIpc) is 2.60. The van der Waals surface area contributed by atoms with Gasteiger partial charge in [-0.1, -0.05) is 57.2 Å². The van der Waals surface area contributed by atoms with Gasteiger partial charge in [0.25, 0.3) is 0 Å². The van der Waals surface area contributed by atoms with Gasteiger partial charge in [-0.25, -0.2) is 0 Å². The van der Waals surface area contributed by atoms with Crippen LogP contribution in [0.3, 0.4) is 0 Å². The topological polar surface area (TPSA) is 30.5 Å². The van der Waals surface area contributed by atoms with Gasteiger partial charge in [0.05, 0.1) is 0 Å². The molecule has 1 aromatic carbocycles. The van der Waals surface area contributed by atoms with Gasteiger partial charge in [-0.3, -0.25) is 0 Å². The molecule has 1 N–H and O–H groups in total. The first-order chi connectivity index (χ1) is 12.1. The number of hydrogen-bond donors (Lipinski definition) is 1. The lowest BCUT2D eigenvalue weighted by Crippen LogP contribution is -2.36. The predicted molar refractivity (Wildman–Crippen MR) is 108 cm³/mol. The van der Waals surface area contributed by atoms with E-state index in [-0.39, 0.29) is 0 Å². The standard InChI is InChI=1S/C22H39NO2/c1-5-8-9-10-12-15-20(18-22(4,24-6-2)25-7-3)19-23-21-16-13-11-14-17-21/h11,13-14,16-17,20,23H,5-10,12,15,18-19H2,1-4H3. The molecule has 1 rings (SSSR count). The van der Waals surface area contributed by atoms with E-state index < -0.39 is 5.79 Å². The van der Waals surface area contributed by atoms with Crippen LogP contribution in [0.15, 0.2) is 30.3 Å². The molecule has 0 radical (unpaired) electrons. The van der Waals surface area contributed by atoms with Crippen molar-refractivity contribution in [1.82, 2.24) is 0 Å². The van der Waals surface area contributed by atoms with E-state index in [1.165, 1.54) is 44.2 Å². The number of hydrogen-bond acceptors (Lipinski definition) is 3. The molecule has 3 heteroatoms. The van der Waals surface area contributed by atoms with Crippen molar-refractivity contribution < 1.29 is 9.47 Å². The Morgan fingerprint density at radius 3 is 2.16 bits per heavy atom. The van der Waals surface area contributed by atoms with Gasteiger partial charge in [0.15, 0.2) is 5.79 Å². The molecule has 0 aliphatic rings. The molecule has 1 aromatic rings. The zero-order valence-corrected chi connectivity index (χ0v) is 16.9. The second-order valence-electron chi connectivity index (χ2n) is 7.02. The third-order valence-corrected chi connectivity index (χ3v) is 4.64. The third-order valence-electron chi connectivity index (χ3n) is 4.64. The van der Waals surface area contributed by atoms with E-state index >= 15 is 0 Å². The molecule has 0 amide bonds. The molecule has 0 aliphatic heterocycles. The van der Waals surface area contributed by atoms with E-state index in [0.717, 1.165) is 13.0 Å². The Kier molecular flexibility index (Phi) is 11.6. The van der Waals surface area contributed by atoms with Gasteiger partial charge < -0.3 is 14.8 Å². The molecule has 144 valence electrons. The summed E-state index contributed by atoms with van der Waals surface area (Å²) in [4.78, 5) is 0. The van der Waals surface area contributed by atoms with Crippen molar-refractivity contribution in [2.24, 2.45) is 5.92 Å². The van der Waals surface area contributed by atoms with Crippen molar-refractivity contribution >= 4 is 5.69 Å². The van der Waals surface area contributed by atoms with Gasteiger partial charge in [0.1, 0.15) is 0 Å². The lowest BCUT2D eigenvalue weighted by Gasteiger charge is -2.33. The minimum absolute atomic E-state index is 0.476. The van der Waals surface area contributed by atoms with Crippen LogP contribution < -0.4 is 5.32 Å². The zero-order valence-electron chi connectivity index (χ0n) is 16.9. The van der Waals surface area contributed by atoms with Crippen LogP contribution in [-0.2, 0) is 9.47 Å². The molecule has 0 spiro atoms. The maximum atomic E-state index is 5.95. The van der Waals surface area contributed by atoms with Crippen molar-refractivity contribution in [2.75, 3.05) is 25.1 Å². The normalized spacial score (nSPS) is 13.0. The zero-order chi connectivity index (χ0) is 18.4. The molecule has 0 saturated carbocycles. The minimum Gasteiger partial charge on any atom is -0.385 e. The molecule has 0 bridgehead atoms. The number of anilines is 1. The molecule has 0 heterocycles. The van der Waals surface area contributed by atoms with Crippen LogP contribution in [0.1, 0.15) is 72.6 Å². The van der Waals surface area contributed by atoms with Crippen LogP contribution in [0, 0.1) is 5.92 Å². The van der Waals surface area contributed by atoms with Crippen molar-refractivity contribution in [2.45, 2.75) is 78.4 Å². The van der Waals surface area contributed by atoms with E-state index in [9.17, 15) is 0 Å². The summed E-state index contributed by atoms with van der Waals surface area (Å²) in [6.07, 6.45) is 8.77. The molecular weight excluding hydrogens is 310 g/mol. The summed E-state index contributed by atoms with van der Waals surface area (Å²) in [6, 6.07) is 10.5. The van der Waals surface area contributed by atoms with Gasteiger partial charge in [0.2, 0.25) is 0 Å². The summed E-state index contributed by atoms with van der Waals surface area (Å²) in [5.41, 5.74) is 1.19. The van der Waals surface area contributed by atoms with E-state index in [4.69, 9.17) is 9.47 Å². The SMILES string of the molecule is CCCCCCCC(CNc1ccccc1)CC(C)(OCC)OCC. The van der Waals surface area contributed by atoms with Crippen LogP contribution in [0.4, 0.5) is 5.69 Å². The summed E-state index contributed by atoms with van der Waals surface area (Å²) >= 11 is 0. The van der Waals surface area contributed by atoms with E-state index in [1.54, 1.807) is 0 Å². The molecule has 25 heavy (non-hydrogen) atoms. The largest absolute Gasteiger partial charge is 0.385 e. The monoisotopic (exact) mass is 349 g/mol. The quantitative estimate of drug-likeness (QED) is 0.300. The highest BCUT2D eigenvalue weighted by Crippen LogP contribution is 2.27. The van der Waals surface area contributed by atoms with Crippen molar-refractivity contribution in [3.8, 4) is 0 Å². The average molecular weight is 350 g/mol. The Bertz CT molecular complexity index is 415. The van der Waals surface area contributed by atoms with Gasteiger partial charge >= 0.3 is 0 Å². The van der Waals surface area contributed by atoms with Crippen LogP contribution >= 0.6 is 0 Å². The highest BCUT2D eigenvalue weighted by Gasteiger charge is 2.29. The molecule has 1 unspecified atom stereocenters. The molecule has 3 nitrogen and oxygen atoms in total. The summed E-state index contributed by atoms with van der Waals surface area (Å²) < 4.78 is 11.9. The smallest absolute Gasteiger partial charge is 0.165 e. The van der Waals surface area contributed by atoms with Gasteiger partial charge in [-0.15, -0.1) is 0 Å². The van der Waals surface area contributed by atoms with Gasteiger partial charge in [-0.05, 0) is 45.2 Å². The first kappa shape index (κ1) is 22.0. The van der Waals surface area contributed by atoms with Crippen LogP contribution in [0.5, 0.6) is 0 Å². The molecular formula is C22H39NO2. The summed E-state index contributed by atoms with van der Waals surface area (Å²) in [6.45, 7) is 10.8. The Morgan fingerprint density at radius 1 is 0.920 bits per heavy atom. The molecule has 0 aromatic heterocycles. The Balaban J connectivity index is 2.58. The Morgan fingerprint density at radius 2 is 1.56 bits per heavy atom. The molecule has 0 fully saturated rings. The maximum absolute atomic E-state index is 5.95. The number of para-hydroxylation sites is 1. The second-order valence-corrected chi connectivity index (χ2v) is 7.02. The summed E-state index contributed by atoms with van der Waals surface area (Å²) in [5, 5.41) is 3.59. The summed E-state index contributed by atoms with van der Waals surface area (Å²) in [5.74, 6) is 0.0700. The second kappa shape index (κ2) is 13.2. The lowest BCUT2D eigenvalue weighted by atomic mass is 9.93. The molecule has 0 aliphatic carbocycles. The highest BCUT2D eigenvalue weighted by atomic mass is 16.7. The Labute approximate surface area is 155 Å². The number of rotatable bonds is 15. The van der Waals surface area contributed by atoms with E-state index in [2.05, 4.69) is 49.5 Å². The van der Waals surface area contributed by atoms with Gasteiger partial charge in [-0.2, -0.15) is 0 Å². The number of ether oxygens (including phenoxy) is 2. The van der Waals surface area contributed by atoms with Crippen LogP contribution in [0.2, 0.25) is 0 Å². The fourth-order valence-electron chi connectivity index (χ4n) is 3.43. The highest BCUT2D eigenvalue weighted by molar-refractivity contribution is 5.42. The first-order valence-electron chi connectivity index (χ1n) is 10.2. The maximum Gasteiger partial charge on any atom is 0.165 e. The number of nitrogens with one attached hydrogen (secondary N) is 1. The lowest BCUT2D eigenvalue weighted by molar-refractivity contribution is -0.230. The van der Waals surface area contributed by atoms with Crippen LogP contribution in [0.25, 0.3) is 0 Å². The Hall–Kier alpha value is -1.06. The number of unbranched alkanes of at least 4 members (excludes halogenated alkanes) is 4. The van der Waals surface area contributed by atoms with Crippen molar-refractivity contribution in [3.05, 3.63) is 30.3 Å². The fraction of sp³-hybridized carbons (Fsp3) is 0.727. The summed E-state index contributed by atoms with van der Waals surface area (Å²) in [7, 11) is 0. The molecule has 1 atom stereocenters. The van der Waals surface area contributed by atoms with Crippen LogP contribution in [-0.4, -0.2) is 25.5 Å². The van der Waals surface area contributed by atoms with E-state index in [0.29, 0.717) is 19.1 Å². The van der Waals surface area contributed by atoms with Crippen molar-refractivity contribution in [1.29, 1.82) is 0 Å².